The van der Waals surface area contributed by atoms with Gasteiger partial charge in [0.05, 0.1) is 0 Å². The topological polar surface area (TPSA) is 66.8 Å². The van der Waals surface area contributed by atoms with Crippen molar-refractivity contribution < 1.29 is 19.7 Å². The maximum Gasteiger partial charge on any atom is 0.191 e. The molecule has 0 bridgehead atoms. The molecule has 0 spiro atoms. The fraction of sp³-hybridized carbons (Fsp3) is 0.500. The lowest BCUT2D eigenvalue weighted by molar-refractivity contribution is -0.126. The van der Waals surface area contributed by atoms with Crippen LogP contribution in [0.3, 0.4) is 0 Å². The molecule has 4 nitrogen and oxygen atoms in total. The van der Waals surface area contributed by atoms with Gasteiger partial charge in [0.25, 0.3) is 0 Å². The van der Waals surface area contributed by atoms with E-state index >= 15 is 0 Å². The Balaban J connectivity index is 2.66. The minimum atomic E-state index is -1.06. The van der Waals surface area contributed by atoms with E-state index in [-0.39, 0.29) is 19.0 Å². The molecular weight excluding hydrogens is 136 g/mol. The van der Waals surface area contributed by atoms with E-state index in [4.69, 9.17) is 14.9 Å². The standard InChI is InChI=1S/C6H8O4/c7-2-4-1-5(8)6(9)3-10-4/h1,6-7,9H,2-3H2. The Morgan fingerprint density at radius 1 is 1.80 bits per heavy atom. The summed E-state index contributed by atoms with van der Waals surface area (Å²) >= 11 is 0. The van der Waals surface area contributed by atoms with Crippen molar-refractivity contribution >= 4 is 5.78 Å². The Labute approximate surface area is 57.7 Å². The number of ketones is 1. The average Bonchev–Trinajstić information content (AvgIpc) is 1.95. The van der Waals surface area contributed by atoms with Crippen LogP contribution in [0.4, 0.5) is 0 Å². The lowest BCUT2D eigenvalue weighted by atomic mass is 10.2. The Hall–Kier alpha value is -0.870. The summed E-state index contributed by atoms with van der Waals surface area (Å²) in [5.41, 5.74) is 0. The number of aliphatic hydroxyl groups excluding tert-OH is 2. The van der Waals surface area contributed by atoms with E-state index in [1.165, 1.54) is 0 Å². The number of carbonyl (C=O) groups is 1. The molecule has 4 heteroatoms. The van der Waals surface area contributed by atoms with Crippen molar-refractivity contribution in [2.75, 3.05) is 13.2 Å². The van der Waals surface area contributed by atoms with Crippen LogP contribution in [0.2, 0.25) is 0 Å². The summed E-state index contributed by atoms with van der Waals surface area (Å²) in [5.74, 6) is -0.189. The molecule has 0 saturated heterocycles. The Bertz CT molecular complexity index is 173. The smallest absolute Gasteiger partial charge is 0.191 e. The molecule has 1 rings (SSSR count). The molecule has 1 atom stereocenters. The first-order valence-corrected chi connectivity index (χ1v) is 2.90. The van der Waals surface area contributed by atoms with E-state index in [0.29, 0.717) is 0 Å². The summed E-state index contributed by atoms with van der Waals surface area (Å²) in [6.07, 6.45) is 0.0454. The Kier molecular flexibility index (Phi) is 2.03. The van der Waals surface area contributed by atoms with Gasteiger partial charge in [-0.2, -0.15) is 0 Å². The highest BCUT2D eigenvalue weighted by Crippen LogP contribution is 2.06. The molecule has 10 heavy (non-hydrogen) atoms. The van der Waals surface area contributed by atoms with Gasteiger partial charge in [-0.3, -0.25) is 4.79 Å². The predicted molar refractivity (Wildman–Crippen MR) is 32.1 cm³/mol. The molecule has 0 fully saturated rings. The number of hydrogen-bond acceptors (Lipinski definition) is 4. The van der Waals surface area contributed by atoms with Crippen LogP contribution in [0.5, 0.6) is 0 Å². The van der Waals surface area contributed by atoms with Crippen molar-refractivity contribution in [1.29, 1.82) is 0 Å². The number of aliphatic hydroxyl groups is 2. The largest absolute Gasteiger partial charge is 0.492 e. The Morgan fingerprint density at radius 2 is 2.50 bits per heavy atom. The van der Waals surface area contributed by atoms with Gasteiger partial charge in [-0.1, -0.05) is 0 Å². The first-order chi connectivity index (χ1) is 4.74. The predicted octanol–water partition coefficient (Wildman–Crippen LogP) is -1.18. The second kappa shape index (κ2) is 2.81. The molecule has 1 aliphatic rings. The monoisotopic (exact) mass is 144 g/mol. The van der Waals surface area contributed by atoms with Gasteiger partial charge >= 0.3 is 0 Å². The van der Waals surface area contributed by atoms with Gasteiger partial charge in [0, 0.05) is 6.08 Å². The zero-order valence-electron chi connectivity index (χ0n) is 5.28. The lowest BCUT2D eigenvalue weighted by Crippen LogP contribution is -2.29. The van der Waals surface area contributed by atoms with E-state index in [0.717, 1.165) is 6.08 Å². The highest BCUT2D eigenvalue weighted by atomic mass is 16.5. The number of ether oxygens (including phenoxy) is 1. The summed E-state index contributed by atoms with van der Waals surface area (Å²) < 4.78 is 4.75. The molecular formula is C6H8O4. The third kappa shape index (κ3) is 1.34. The lowest BCUT2D eigenvalue weighted by Gasteiger charge is -2.16. The molecule has 0 saturated carbocycles. The maximum atomic E-state index is 10.6. The molecule has 0 radical (unpaired) electrons. The maximum absolute atomic E-state index is 10.6. The second-order valence-electron chi connectivity index (χ2n) is 2.00. The Morgan fingerprint density at radius 3 is 3.00 bits per heavy atom. The summed E-state index contributed by atoms with van der Waals surface area (Å²) in [6.45, 7) is -0.344. The molecule has 0 aromatic carbocycles. The van der Waals surface area contributed by atoms with Gasteiger partial charge in [0.1, 0.15) is 19.0 Å². The van der Waals surface area contributed by atoms with Gasteiger partial charge in [-0.05, 0) is 0 Å². The molecule has 2 N–H and O–H groups in total. The highest BCUT2D eigenvalue weighted by Gasteiger charge is 2.19. The van der Waals surface area contributed by atoms with Crippen LogP contribution in [0.25, 0.3) is 0 Å². The molecule has 0 aromatic rings. The van der Waals surface area contributed by atoms with Crippen LogP contribution in [0.1, 0.15) is 0 Å². The molecule has 56 valence electrons. The fourth-order valence-electron chi connectivity index (χ4n) is 0.656. The van der Waals surface area contributed by atoms with Crippen LogP contribution in [-0.4, -0.2) is 35.3 Å². The minimum absolute atomic E-state index is 0.0504. The van der Waals surface area contributed by atoms with Crippen LogP contribution in [0.15, 0.2) is 11.8 Å². The van der Waals surface area contributed by atoms with Crippen molar-refractivity contribution in [3.63, 3.8) is 0 Å². The van der Waals surface area contributed by atoms with E-state index < -0.39 is 11.9 Å². The quantitative estimate of drug-likeness (QED) is 0.486. The summed E-state index contributed by atoms with van der Waals surface area (Å²) in [4.78, 5) is 10.6. The van der Waals surface area contributed by atoms with Crippen LogP contribution < -0.4 is 0 Å². The second-order valence-corrected chi connectivity index (χ2v) is 2.00. The first kappa shape index (κ1) is 7.24. The van der Waals surface area contributed by atoms with Crippen molar-refractivity contribution in [2.24, 2.45) is 0 Å². The number of hydrogen-bond donors (Lipinski definition) is 2. The van der Waals surface area contributed by atoms with E-state index in [9.17, 15) is 4.79 Å². The zero-order chi connectivity index (χ0) is 7.56. The summed E-state index contributed by atoms with van der Waals surface area (Å²) in [7, 11) is 0. The normalized spacial score (nSPS) is 25.6. The van der Waals surface area contributed by atoms with Gasteiger partial charge in [0.15, 0.2) is 11.9 Å². The first-order valence-electron chi connectivity index (χ1n) is 2.90. The number of carbonyl (C=O) groups excluding carboxylic acids is 1. The van der Waals surface area contributed by atoms with E-state index in [1.807, 2.05) is 0 Å². The molecule has 0 amide bonds. The average molecular weight is 144 g/mol. The summed E-state index contributed by atoms with van der Waals surface area (Å²) in [5, 5.41) is 17.3. The number of rotatable bonds is 1. The molecule has 1 unspecified atom stereocenters. The SMILES string of the molecule is O=C1C=C(CO)OCC1O. The molecule has 1 aliphatic heterocycles. The third-order valence-electron chi connectivity index (χ3n) is 1.21. The van der Waals surface area contributed by atoms with E-state index in [1.54, 1.807) is 0 Å². The van der Waals surface area contributed by atoms with Gasteiger partial charge in [-0.15, -0.1) is 0 Å². The van der Waals surface area contributed by atoms with Crippen molar-refractivity contribution in [2.45, 2.75) is 6.10 Å². The summed E-state index contributed by atoms with van der Waals surface area (Å²) in [6, 6.07) is 0. The molecule has 0 aromatic heterocycles. The van der Waals surface area contributed by atoms with Gasteiger partial charge < -0.3 is 14.9 Å². The van der Waals surface area contributed by atoms with Crippen LogP contribution >= 0.6 is 0 Å². The van der Waals surface area contributed by atoms with Crippen LogP contribution in [-0.2, 0) is 9.53 Å². The highest BCUT2D eigenvalue weighted by molar-refractivity contribution is 5.94. The molecule has 0 aliphatic carbocycles. The van der Waals surface area contributed by atoms with E-state index in [2.05, 4.69) is 0 Å². The van der Waals surface area contributed by atoms with Crippen molar-refractivity contribution in [1.82, 2.24) is 0 Å². The molecule has 1 heterocycles. The van der Waals surface area contributed by atoms with Gasteiger partial charge in [0.2, 0.25) is 0 Å². The zero-order valence-corrected chi connectivity index (χ0v) is 5.28. The fourth-order valence-corrected chi connectivity index (χ4v) is 0.656. The van der Waals surface area contributed by atoms with Crippen molar-refractivity contribution in [3.8, 4) is 0 Å². The third-order valence-corrected chi connectivity index (χ3v) is 1.21. The van der Waals surface area contributed by atoms with Gasteiger partial charge in [-0.25, -0.2) is 0 Å². The minimum Gasteiger partial charge on any atom is -0.492 e. The van der Waals surface area contributed by atoms with Crippen LogP contribution in [0, 0.1) is 0 Å². The van der Waals surface area contributed by atoms with Crippen molar-refractivity contribution in [3.05, 3.63) is 11.8 Å².